The van der Waals surface area contributed by atoms with E-state index in [4.69, 9.17) is 28.1 Å². The van der Waals surface area contributed by atoms with E-state index in [1.54, 1.807) is 13.2 Å². The van der Waals surface area contributed by atoms with Gasteiger partial charge in [-0.2, -0.15) is 9.97 Å². The first-order chi connectivity index (χ1) is 15.7. The van der Waals surface area contributed by atoms with Gasteiger partial charge in [-0.25, -0.2) is 0 Å². The second-order valence-corrected chi connectivity index (χ2v) is 13.0. The molecule has 0 radical (unpaired) electrons. The largest absolute Gasteiger partial charge is 0.493 e. The van der Waals surface area contributed by atoms with Crippen LogP contribution in [0.1, 0.15) is 10.6 Å². The molecule has 1 aromatic carbocycles. The fourth-order valence-corrected chi connectivity index (χ4v) is 4.05. The van der Waals surface area contributed by atoms with E-state index in [9.17, 15) is 4.79 Å². The topological polar surface area (TPSA) is 114 Å². The van der Waals surface area contributed by atoms with Gasteiger partial charge in [0.25, 0.3) is 11.9 Å². The van der Waals surface area contributed by atoms with Crippen LogP contribution in [0.15, 0.2) is 34.7 Å². The third kappa shape index (κ3) is 5.37. The van der Waals surface area contributed by atoms with Crippen LogP contribution >= 0.6 is 0 Å². The Kier molecular flexibility index (Phi) is 7.12. The van der Waals surface area contributed by atoms with Gasteiger partial charge in [0.15, 0.2) is 22.9 Å². The third-order valence-electron chi connectivity index (χ3n) is 4.68. The van der Waals surface area contributed by atoms with E-state index >= 15 is 0 Å². The zero-order valence-corrected chi connectivity index (χ0v) is 20.6. The van der Waals surface area contributed by atoms with Crippen LogP contribution in [0, 0.1) is 0 Å². The number of furan rings is 1. The number of carbonyl (C=O) groups excluding carboxylic acids is 1. The fraction of sp³-hybridized carbons (Fsp3) is 0.318. The van der Waals surface area contributed by atoms with E-state index in [1.807, 2.05) is 18.2 Å². The molecule has 0 aliphatic rings. The van der Waals surface area contributed by atoms with E-state index in [0.29, 0.717) is 11.5 Å². The molecule has 3 aromatic rings. The molecule has 1 N–H and O–H groups in total. The molecule has 2 aromatic heterocycles. The number of ether oxygens (including phenoxy) is 5. The van der Waals surface area contributed by atoms with Gasteiger partial charge in [-0.1, -0.05) is 30.9 Å². The number of nitrogens with zero attached hydrogens (tertiary/aromatic N) is 2. The van der Waals surface area contributed by atoms with Gasteiger partial charge in [-0.3, -0.25) is 4.79 Å². The van der Waals surface area contributed by atoms with Crippen LogP contribution in [0.3, 0.4) is 0 Å². The van der Waals surface area contributed by atoms with Gasteiger partial charge in [-0.05, 0) is 18.2 Å². The number of methoxy groups -OCH3 is 4. The highest BCUT2D eigenvalue weighted by Crippen LogP contribution is 2.35. The molecule has 0 aliphatic carbocycles. The van der Waals surface area contributed by atoms with Crippen molar-refractivity contribution >= 4 is 24.9 Å². The van der Waals surface area contributed by atoms with E-state index in [1.165, 1.54) is 32.6 Å². The van der Waals surface area contributed by atoms with Crippen molar-refractivity contribution in [1.29, 1.82) is 0 Å². The molecular weight excluding hydrogens is 446 g/mol. The molecular formula is C22H27N3O7Si. The summed E-state index contributed by atoms with van der Waals surface area (Å²) in [6.07, 6.45) is 0. The van der Waals surface area contributed by atoms with Crippen molar-refractivity contribution in [3.8, 4) is 35.2 Å². The lowest BCUT2D eigenvalue weighted by Crippen LogP contribution is -2.37. The summed E-state index contributed by atoms with van der Waals surface area (Å²) in [6.45, 7) is 6.71. The zero-order chi connectivity index (χ0) is 24.2. The van der Waals surface area contributed by atoms with Gasteiger partial charge in [0.2, 0.25) is 11.8 Å². The van der Waals surface area contributed by atoms with Gasteiger partial charge in [0.1, 0.15) is 0 Å². The Morgan fingerprint density at radius 3 is 2.09 bits per heavy atom. The van der Waals surface area contributed by atoms with Gasteiger partial charge < -0.3 is 33.4 Å². The smallest absolute Gasteiger partial charge is 0.322 e. The average molecular weight is 474 g/mol. The summed E-state index contributed by atoms with van der Waals surface area (Å²) in [5.41, 5.74) is 0.133. The Labute approximate surface area is 192 Å². The first-order valence-corrected chi connectivity index (χ1v) is 13.5. The van der Waals surface area contributed by atoms with Gasteiger partial charge in [0.05, 0.1) is 36.5 Å². The molecule has 0 spiro atoms. The Balaban J connectivity index is 1.84. The van der Waals surface area contributed by atoms with Crippen molar-refractivity contribution in [2.75, 3.05) is 33.8 Å². The van der Waals surface area contributed by atoms with Crippen LogP contribution in [-0.4, -0.2) is 52.4 Å². The normalized spacial score (nSPS) is 11.0. The summed E-state index contributed by atoms with van der Waals surface area (Å²) >= 11 is 0. The number of hydrogen-bond donors (Lipinski definition) is 1. The first kappa shape index (κ1) is 23.9. The average Bonchev–Trinajstić information content (AvgIpc) is 3.27. The SMILES string of the molecule is COc1nc(OC)c(NC(=O)c2ccc(Oc3cc([Si](C)(C)C)ccc3OC)o2)c(OC)n1. The minimum absolute atomic E-state index is 0.00485. The number of anilines is 1. The van der Waals surface area contributed by atoms with E-state index < -0.39 is 14.0 Å². The Morgan fingerprint density at radius 2 is 1.55 bits per heavy atom. The summed E-state index contributed by atoms with van der Waals surface area (Å²) < 4.78 is 32.4. The summed E-state index contributed by atoms with van der Waals surface area (Å²) in [4.78, 5) is 20.9. The number of amides is 1. The molecule has 1 amide bonds. The molecule has 0 saturated carbocycles. The molecule has 0 fully saturated rings. The number of hydrogen-bond acceptors (Lipinski definition) is 9. The molecule has 0 saturated heterocycles. The maximum atomic E-state index is 12.8. The van der Waals surface area contributed by atoms with E-state index in [-0.39, 0.29) is 35.2 Å². The van der Waals surface area contributed by atoms with Crippen molar-refractivity contribution in [2.24, 2.45) is 0 Å². The van der Waals surface area contributed by atoms with Crippen LogP contribution in [0.4, 0.5) is 5.69 Å². The summed E-state index contributed by atoms with van der Waals surface area (Å²) in [7, 11) is 4.20. The first-order valence-electron chi connectivity index (χ1n) is 10.0. The lowest BCUT2D eigenvalue weighted by Gasteiger charge is -2.18. The second-order valence-electron chi connectivity index (χ2n) is 7.89. The lowest BCUT2D eigenvalue weighted by molar-refractivity contribution is 0.0990. The minimum Gasteiger partial charge on any atom is -0.493 e. The number of carbonyl (C=O) groups is 1. The van der Waals surface area contributed by atoms with Gasteiger partial charge in [-0.15, -0.1) is 0 Å². The van der Waals surface area contributed by atoms with Crippen LogP contribution in [0.5, 0.6) is 35.2 Å². The molecule has 2 heterocycles. The predicted molar refractivity (Wildman–Crippen MR) is 124 cm³/mol. The quantitative estimate of drug-likeness (QED) is 0.465. The molecule has 33 heavy (non-hydrogen) atoms. The highest BCUT2D eigenvalue weighted by molar-refractivity contribution is 6.88. The predicted octanol–water partition coefficient (Wildman–Crippen LogP) is 3.69. The van der Waals surface area contributed by atoms with Crippen LogP contribution < -0.4 is 34.2 Å². The van der Waals surface area contributed by atoms with Crippen LogP contribution in [0.25, 0.3) is 0 Å². The molecule has 0 unspecified atom stereocenters. The molecule has 0 bridgehead atoms. The summed E-state index contributed by atoms with van der Waals surface area (Å²) in [5, 5.41) is 3.84. The summed E-state index contributed by atoms with van der Waals surface area (Å²) in [5.74, 6) is 0.778. The van der Waals surface area contributed by atoms with Crippen LogP contribution in [-0.2, 0) is 0 Å². The van der Waals surface area contributed by atoms with Crippen molar-refractivity contribution in [3.63, 3.8) is 0 Å². The van der Waals surface area contributed by atoms with Crippen molar-refractivity contribution < 1.29 is 32.9 Å². The van der Waals surface area contributed by atoms with Crippen molar-refractivity contribution in [1.82, 2.24) is 9.97 Å². The molecule has 0 atom stereocenters. The van der Waals surface area contributed by atoms with Gasteiger partial charge in [0, 0.05) is 6.07 Å². The highest BCUT2D eigenvalue weighted by atomic mass is 28.3. The molecule has 176 valence electrons. The number of rotatable bonds is 9. The second kappa shape index (κ2) is 9.82. The van der Waals surface area contributed by atoms with Crippen molar-refractivity contribution in [3.05, 3.63) is 36.1 Å². The molecule has 3 rings (SSSR count). The zero-order valence-electron chi connectivity index (χ0n) is 19.6. The summed E-state index contributed by atoms with van der Waals surface area (Å²) in [6, 6.07) is 8.91. The fourth-order valence-electron chi connectivity index (χ4n) is 2.90. The minimum atomic E-state index is -1.57. The lowest BCUT2D eigenvalue weighted by atomic mass is 10.3. The highest BCUT2D eigenvalue weighted by Gasteiger charge is 2.23. The third-order valence-corrected chi connectivity index (χ3v) is 6.72. The van der Waals surface area contributed by atoms with E-state index in [0.717, 1.165) is 0 Å². The van der Waals surface area contributed by atoms with Gasteiger partial charge >= 0.3 is 6.01 Å². The molecule has 0 aliphatic heterocycles. The Morgan fingerprint density at radius 1 is 0.879 bits per heavy atom. The standard InChI is InChI=1S/C22H27N3O7Si/c1-27-14-9-8-13(33(5,6)7)12-16(14)32-17-11-10-15(31-17)19(26)23-18-20(28-2)24-22(30-4)25-21(18)29-3/h8-12H,1-7H3,(H,23,26). The number of aromatic nitrogens is 2. The number of benzene rings is 1. The van der Waals surface area contributed by atoms with E-state index in [2.05, 4.69) is 34.9 Å². The maximum absolute atomic E-state index is 12.8. The monoisotopic (exact) mass is 473 g/mol. The maximum Gasteiger partial charge on any atom is 0.322 e. The van der Waals surface area contributed by atoms with Crippen molar-refractivity contribution in [2.45, 2.75) is 19.6 Å². The molecule has 10 nitrogen and oxygen atoms in total. The Hall–Kier alpha value is -3.73. The molecule has 11 heteroatoms. The number of nitrogens with one attached hydrogen (secondary N) is 1. The van der Waals surface area contributed by atoms with Crippen LogP contribution in [0.2, 0.25) is 19.6 Å². The Bertz CT molecular complexity index is 1120.